The number of benzene rings is 1. The van der Waals surface area contributed by atoms with Crippen LogP contribution in [0.1, 0.15) is 24.8 Å². The van der Waals surface area contributed by atoms with Crippen molar-refractivity contribution in [2.24, 2.45) is 11.3 Å². The van der Waals surface area contributed by atoms with Crippen molar-refractivity contribution in [3.8, 4) is 0 Å². The maximum absolute atomic E-state index is 13.3. The second kappa shape index (κ2) is 6.58. The SMILES string of the molecule is O=C(NCc1cccc(F)c1)C1CCN(c2ncnc3[nH]ccc23)CC12CC2. The van der Waals surface area contributed by atoms with Crippen LogP contribution in [0.2, 0.25) is 0 Å². The molecule has 1 aromatic carbocycles. The number of H-pyrrole nitrogens is 1. The Hall–Kier alpha value is -2.96. The Labute approximate surface area is 162 Å². The number of aromatic amines is 1. The Bertz CT molecular complexity index is 1030. The lowest BCUT2D eigenvalue weighted by Crippen LogP contribution is -2.48. The van der Waals surface area contributed by atoms with Crippen LogP contribution in [0.3, 0.4) is 0 Å². The molecule has 1 saturated heterocycles. The Morgan fingerprint density at radius 3 is 3.04 bits per heavy atom. The molecule has 1 unspecified atom stereocenters. The summed E-state index contributed by atoms with van der Waals surface area (Å²) in [5.41, 5.74) is 1.65. The normalized spacial score (nSPS) is 20.5. The number of nitrogens with one attached hydrogen (secondary N) is 2. The van der Waals surface area contributed by atoms with E-state index in [-0.39, 0.29) is 23.1 Å². The summed E-state index contributed by atoms with van der Waals surface area (Å²) in [5, 5.41) is 4.04. The molecule has 1 aliphatic carbocycles. The minimum absolute atomic E-state index is 0.000798. The van der Waals surface area contributed by atoms with Gasteiger partial charge in [-0.25, -0.2) is 14.4 Å². The molecule has 7 heteroatoms. The molecule has 3 aromatic rings. The van der Waals surface area contributed by atoms with E-state index in [1.807, 2.05) is 18.3 Å². The van der Waals surface area contributed by atoms with Gasteiger partial charge in [-0.05, 0) is 48.4 Å². The summed E-state index contributed by atoms with van der Waals surface area (Å²) in [5.74, 6) is 0.743. The van der Waals surface area contributed by atoms with Crippen molar-refractivity contribution < 1.29 is 9.18 Å². The monoisotopic (exact) mass is 379 g/mol. The zero-order valence-corrected chi connectivity index (χ0v) is 15.5. The van der Waals surface area contributed by atoms with Crippen LogP contribution in [-0.4, -0.2) is 33.9 Å². The van der Waals surface area contributed by atoms with Gasteiger partial charge in [0.25, 0.3) is 0 Å². The summed E-state index contributed by atoms with van der Waals surface area (Å²) in [6.45, 7) is 1.99. The third-order valence-corrected chi connectivity index (χ3v) is 6.13. The fraction of sp³-hybridized carbons (Fsp3) is 0.381. The Kier molecular flexibility index (Phi) is 4.03. The van der Waals surface area contributed by atoms with Gasteiger partial charge in [-0.3, -0.25) is 4.79 Å². The molecule has 3 heterocycles. The van der Waals surface area contributed by atoms with E-state index in [0.29, 0.717) is 6.54 Å². The average Bonchev–Trinajstić information content (AvgIpc) is 3.27. The third kappa shape index (κ3) is 3.00. The number of rotatable bonds is 4. The second-order valence-corrected chi connectivity index (χ2v) is 7.91. The molecule has 0 bridgehead atoms. The highest BCUT2D eigenvalue weighted by Gasteiger charge is 2.55. The topological polar surface area (TPSA) is 73.9 Å². The van der Waals surface area contributed by atoms with Gasteiger partial charge in [0.05, 0.1) is 5.39 Å². The number of carbonyl (C=O) groups is 1. The molecule has 28 heavy (non-hydrogen) atoms. The van der Waals surface area contributed by atoms with Crippen molar-refractivity contribution >= 4 is 22.8 Å². The molecule has 144 valence electrons. The summed E-state index contributed by atoms with van der Waals surface area (Å²) >= 11 is 0. The summed E-state index contributed by atoms with van der Waals surface area (Å²) in [6.07, 6.45) is 6.38. The van der Waals surface area contributed by atoms with Gasteiger partial charge < -0.3 is 15.2 Å². The molecule has 2 aliphatic rings. The molecular weight excluding hydrogens is 357 g/mol. The second-order valence-electron chi connectivity index (χ2n) is 7.91. The maximum atomic E-state index is 13.3. The number of aromatic nitrogens is 3. The lowest BCUT2D eigenvalue weighted by atomic mass is 9.81. The van der Waals surface area contributed by atoms with Gasteiger partial charge in [-0.2, -0.15) is 0 Å². The minimum atomic E-state index is -0.278. The number of nitrogens with zero attached hydrogens (tertiary/aromatic N) is 3. The average molecular weight is 379 g/mol. The van der Waals surface area contributed by atoms with E-state index in [4.69, 9.17) is 0 Å². The number of amides is 1. The predicted octanol–water partition coefficient (Wildman–Crippen LogP) is 3.02. The predicted molar refractivity (Wildman–Crippen MR) is 104 cm³/mol. The molecule has 0 radical (unpaired) electrons. The summed E-state index contributed by atoms with van der Waals surface area (Å²) in [4.78, 5) is 27.1. The standard InChI is InChI=1S/C21H22FN5O/c22-15-3-1-2-14(10-15)11-24-20(28)17-5-9-27(12-21(17)6-7-21)19-16-4-8-23-18(16)25-13-26-19/h1-4,8,10,13,17H,5-7,9,11-12H2,(H,24,28)(H,23,25,26). The van der Waals surface area contributed by atoms with Gasteiger partial charge in [0, 0.05) is 31.7 Å². The minimum Gasteiger partial charge on any atom is -0.355 e. The molecule has 1 spiro atoms. The molecule has 1 amide bonds. The quantitative estimate of drug-likeness (QED) is 0.731. The first-order valence-corrected chi connectivity index (χ1v) is 9.70. The third-order valence-electron chi connectivity index (χ3n) is 6.13. The summed E-state index contributed by atoms with van der Waals surface area (Å²) < 4.78 is 13.3. The van der Waals surface area contributed by atoms with Crippen molar-refractivity contribution in [2.75, 3.05) is 18.0 Å². The first-order valence-electron chi connectivity index (χ1n) is 9.70. The lowest BCUT2D eigenvalue weighted by molar-refractivity contribution is -0.128. The fourth-order valence-electron chi connectivity index (χ4n) is 4.49. The number of fused-ring (bicyclic) bond motifs is 1. The smallest absolute Gasteiger partial charge is 0.224 e. The molecule has 2 aromatic heterocycles. The van der Waals surface area contributed by atoms with Crippen molar-refractivity contribution in [2.45, 2.75) is 25.8 Å². The molecular formula is C21H22FN5O. The number of piperidine rings is 1. The van der Waals surface area contributed by atoms with Crippen LogP contribution in [0.25, 0.3) is 11.0 Å². The van der Waals surface area contributed by atoms with Gasteiger partial charge in [0.1, 0.15) is 23.6 Å². The number of hydrogen-bond donors (Lipinski definition) is 2. The first-order chi connectivity index (χ1) is 13.6. The molecule has 6 nitrogen and oxygen atoms in total. The highest BCUT2D eigenvalue weighted by Crippen LogP contribution is 2.56. The van der Waals surface area contributed by atoms with Crippen molar-refractivity contribution in [3.05, 3.63) is 54.2 Å². The van der Waals surface area contributed by atoms with Crippen LogP contribution in [0.15, 0.2) is 42.9 Å². The zero-order chi connectivity index (χ0) is 19.1. The highest BCUT2D eigenvalue weighted by atomic mass is 19.1. The molecule has 1 aliphatic heterocycles. The first kappa shape index (κ1) is 17.2. The van der Waals surface area contributed by atoms with Crippen LogP contribution >= 0.6 is 0 Å². The molecule has 1 atom stereocenters. The van der Waals surface area contributed by atoms with Crippen LogP contribution < -0.4 is 10.2 Å². The Morgan fingerprint density at radius 1 is 1.32 bits per heavy atom. The van der Waals surface area contributed by atoms with Gasteiger partial charge in [0.15, 0.2) is 0 Å². The van der Waals surface area contributed by atoms with E-state index in [9.17, 15) is 9.18 Å². The van der Waals surface area contributed by atoms with E-state index in [2.05, 4.69) is 25.2 Å². The van der Waals surface area contributed by atoms with Crippen LogP contribution in [0.5, 0.6) is 0 Å². The van der Waals surface area contributed by atoms with Crippen molar-refractivity contribution in [1.29, 1.82) is 0 Å². The van der Waals surface area contributed by atoms with Gasteiger partial charge in [-0.1, -0.05) is 12.1 Å². The highest BCUT2D eigenvalue weighted by molar-refractivity contribution is 5.87. The fourth-order valence-corrected chi connectivity index (χ4v) is 4.49. The van der Waals surface area contributed by atoms with Gasteiger partial charge in [-0.15, -0.1) is 0 Å². The number of anilines is 1. The zero-order valence-electron chi connectivity index (χ0n) is 15.5. The van der Waals surface area contributed by atoms with Crippen LogP contribution in [-0.2, 0) is 11.3 Å². The van der Waals surface area contributed by atoms with Gasteiger partial charge >= 0.3 is 0 Å². The molecule has 5 rings (SSSR count). The number of hydrogen-bond acceptors (Lipinski definition) is 4. The van der Waals surface area contributed by atoms with E-state index >= 15 is 0 Å². The van der Waals surface area contributed by atoms with E-state index in [1.54, 1.807) is 12.4 Å². The largest absolute Gasteiger partial charge is 0.355 e. The summed E-state index contributed by atoms with van der Waals surface area (Å²) in [6, 6.07) is 8.38. The summed E-state index contributed by atoms with van der Waals surface area (Å²) in [7, 11) is 0. The lowest BCUT2D eigenvalue weighted by Gasteiger charge is -2.39. The molecule has 2 fully saturated rings. The molecule has 1 saturated carbocycles. The number of carbonyl (C=O) groups excluding carboxylic acids is 1. The van der Waals surface area contributed by atoms with E-state index < -0.39 is 0 Å². The van der Waals surface area contributed by atoms with E-state index in [0.717, 1.165) is 54.8 Å². The van der Waals surface area contributed by atoms with Crippen molar-refractivity contribution in [1.82, 2.24) is 20.3 Å². The number of halogens is 1. The maximum Gasteiger partial charge on any atom is 0.224 e. The van der Waals surface area contributed by atoms with E-state index in [1.165, 1.54) is 12.1 Å². The van der Waals surface area contributed by atoms with Gasteiger partial charge in [0.2, 0.25) is 5.91 Å². The Morgan fingerprint density at radius 2 is 2.21 bits per heavy atom. The molecule has 2 N–H and O–H groups in total. The van der Waals surface area contributed by atoms with Crippen molar-refractivity contribution in [3.63, 3.8) is 0 Å². The van der Waals surface area contributed by atoms with Crippen LogP contribution in [0, 0.1) is 17.2 Å². The van der Waals surface area contributed by atoms with Crippen LogP contribution in [0.4, 0.5) is 10.2 Å². The Balaban J connectivity index is 1.29.